The van der Waals surface area contributed by atoms with E-state index in [1.54, 1.807) is 9.80 Å². The zero-order chi connectivity index (χ0) is 14.0. The predicted octanol–water partition coefficient (Wildman–Crippen LogP) is 0.00640. The minimum atomic E-state index is -0.453. The summed E-state index contributed by atoms with van der Waals surface area (Å²) in [5.74, 6) is 0.236. The van der Waals surface area contributed by atoms with Gasteiger partial charge in [-0.2, -0.15) is 0 Å². The van der Waals surface area contributed by atoms with Gasteiger partial charge in [0.05, 0.1) is 18.6 Å². The molecular weight excluding hydrogens is 246 g/mol. The molecule has 0 aromatic carbocycles. The second-order valence-electron chi connectivity index (χ2n) is 5.67. The molecule has 6 heteroatoms. The Morgan fingerprint density at radius 2 is 2.05 bits per heavy atom. The normalized spacial score (nSPS) is 31.6. The molecule has 2 fully saturated rings. The average molecular weight is 269 g/mol. The number of likely N-dealkylation sites (tertiary alicyclic amines) is 2. The van der Waals surface area contributed by atoms with E-state index in [4.69, 9.17) is 5.73 Å². The molecule has 108 valence electrons. The molecule has 2 aliphatic heterocycles. The van der Waals surface area contributed by atoms with Crippen molar-refractivity contribution in [2.45, 2.75) is 32.2 Å². The average Bonchev–Trinajstić information content (AvgIpc) is 2.79. The van der Waals surface area contributed by atoms with Gasteiger partial charge in [-0.3, -0.25) is 4.79 Å². The van der Waals surface area contributed by atoms with Gasteiger partial charge in [-0.1, -0.05) is 6.92 Å². The fourth-order valence-corrected chi connectivity index (χ4v) is 3.17. The Kier molecular flexibility index (Phi) is 4.29. The summed E-state index contributed by atoms with van der Waals surface area (Å²) in [6.07, 6.45) is 2.54. The molecule has 0 aromatic rings. The molecule has 0 aromatic heterocycles. The van der Waals surface area contributed by atoms with Gasteiger partial charge in [0.1, 0.15) is 0 Å². The van der Waals surface area contributed by atoms with E-state index in [0.29, 0.717) is 25.6 Å². The quantitative estimate of drug-likeness (QED) is 0.740. The fourth-order valence-electron chi connectivity index (χ4n) is 3.17. The van der Waals surface area contributed by atoms with Crippen LogP contribution in [0.2, 0.25) is 0 Å². The second-order valence-corrected chi connectivity index (χ2v) is 5.67. The van der Waals surface area contributed by atoms with Crippen LogP contribution in [-0.4, -0.2) is 59.1 Å². The number of nitrogens with two attached hydrogens (primary N) is 1. The van der Waals surface area contributed by atoms with Gasteiger partial charge in [0.25, 0.3) is 0 Å². The number of rotatable bonds is 2. The summed E-state index contributed by atoms with van der Waals surface area (Å²) in [7, 11) is 0. The number of nitrogens with zero attached hydrogens (tertiary/aromatic N) is 2. The molecule has 3 N–H and O–H groups in total. The topological polar surface area (TPSA) is 86.9 Å². The molecule has 0 spiro atoms. The van der Waals surface area contributed by atoms with Crippen LogP contribution in [0.1, 0.15) is 26.2 Å². The highest BCUT2D eigenvalue weighted by Crippen LogP contribution is 2.27. The molecule has 0 saturated carbocycles. The third-order valence-electron chi connectivity index (χ3n) is 4.43. The zero-order valence-corrected chi connectivity index (χ0v) is 11.4. The van der Waals surface area contributed by atoms with E-state index >= 15 is 0 Å². The van der Waals surface area contributed by atoms with Gasteiger partial charge in [0.15, 0.2) is 0 Å². The molecule has 2 heterocycles. The monoisotopic (exact) mass is 269 g/mol. The minimum absolute atomic E-state index is 0.0131. The number of carbonyl (C=O) groups excluding carboxylic acids is 2. The van der Waals surface area contributed by atoms with Crippen LogP contribution in [0.4, 0.5) is 4.79 Å². The lowest BCUT2D eigenvalue weighted by molar-refractivity contribution is -0.138. The van der Waals surface area contributed by atoms with Crippen molar-refractivity contribution in [3.8, 4) is 0 Å². The SMILES string of the molecule is CC1CCN(C(=O)C2CCCN(C(N)=O)C2)C1CO. The van der Waals surface area contributed by atoms with E-state index in [1.165, 1.54) is 0 Å². The van der Waals surface area contributed by atoms with Crippen LogP contribution in [0.15, 0.2) is 0 Å². The zero-order valence-electron chi connectivity index (χ0n) is 11.4. The Morgan fingerprint density at radius 3 is 2.68 bits per heavy atom. The Labute approximate surface area is 113 Å². The number of hydrogen-bond acceptors (Lipinski definition) is 3. The standard InChI is InChI=1S/C13H23N3O3/c1-9-4-6-16(11(9)8-17)12(18)10-3-2-5-15(7-10)13(14)19/h9-11,17H,2-8H2,1H3,(H2,14,19). The van der Waals surface area contributed by atoms with E-state index in [0.717, 1.165) is 19.3 Å². The van der Waals surface area contributed by atoms with E-state index < -0.39 is 6.03 Å². The Balaban J connectivity index is 2.01. The van der Waals surface area contributed by atoms with Crippen LogP contribution in [0.25, 0.3) is 0 Å². The van der Waals surface area contributed by atoms with Crippen LogP contribution in [0, 0.1) is 11.8 Å². The molecule has 0 bridgehead atoms. The number of piperidine rings is 1. The molecular formula is C13H23N3O3. The first-order valence-corrected chi connectivity index (χ1v) is 7.00. The van der Waals surface area contributed by atoms with Crippen LogP contribution < -0.4 is 5.73 Å². The van der Waals surface area contributed by atoms with E-state index in [9.17, 15) is 14.7 Å². The molecule has 0 aliphatic carbocycles. The van der Waals surface area contributed by atoms with E-state index in [2.05, 4.69) is 6.92 Å². The maximum Gasteiger partial charge on any atom is 0.314 e. The third-order valence-corrected chi connectivity index (χ3v) is 4.43. The Bertz CT molecular complexity index is 361. The Morgan fingerprint density at radius 1 is 1.32 bits per heavy atom. The lowest BCUT2D eigenvalue weighted by Crippen LogP contribution is -2.50. The maximum atomic E-state index is 12.5. The van der Waals surface area contributed by atoms with Gasteiger partial charge in [0.2, 0.25) is 5.91 Å². The van der Waals surface area contributed by atoms with Crippen LogP contribution >= 0.6 is 0 Å². The smallest absolute Gasteiger partial charge is 0.314 e. The summed E-state index contributed by atoms with van der Waals surface area (Å²) >= 11 is 0. The predicted molar refractivity (Wildman–Crippen MR) is 70.2 cm³/mol. The molecule has 6 nitrogen and oxygen atoms in total. The summed E-state index contributed by atoms with van der Waals surface area (Å²) in [6, 6.07) is -0.526. The van der Waals surface area contributed by atoms with Crippen molar-refractivity contribution in [3.63, 3.8) is 0 Å². The largest absolute Gasteiger partial charge is 0.394 e. The van der Waals surface area contributed by atoms with Gasteiger partial charge >= 0.3 is 6.03 Å². The van der Waals surface area contributed by atoms with Gasteiger partial charge < -0.3 is 20.6 Å². The molecule has 0 radical (unpaired) electrons. The molecule has 2 saturated heterocycles. The third kappa shape index (κ3) is 2.83. The van der Waals surface area contributed by atoms with Gasteiger partial charge in [-0.25, -0.2) is 4.79 Å². The van der Waals surface area contributed by atoms with Crippen LogP contribution in [-0.2, 0) is 4.79 Å². The van der Waals surface area contributed by atoms with Crippen molar-refractivity contribution in [1.29, 1.82) is 0 Å². The van der Waals surface area contributed by atoms with Gasteiger partial charge in [-0.15, -0.1) is 0 Å². The highest BCUT2D eigenvalue weighted by Gasteiger charge is 2.38. The summed E-state index contributed by atoms with van der Waals surface area (Å²) in [4.78, 5) is 27.1. The summed E-state index contributed by atoms with van der Waals surface area (Å²) in [5, 5.41) is 9.42. The van der Waals surface area contributed by atoms with E-state index in [-0.39, 0.29) is 24.5 Å². The molecule has 19 heavy (non-hydrogen) atoms. The van der Waals surface area contributed by atoms with Crippen molar-refractivity contribution in [1.82, 2.24) is 9.80 Å². The number of aliphatic hydroxyl groups is 1. The summed E-state index contributed by atoms with van der Waals surface area (Å²) in [6.45, 7) is 3.83. The van der Waals surface area contributed by atoms with E-state index in [1.807, 2.05) is 0 Å². The number of carbonyl (C=O) groups is 2. The number of urea groups is 1. The lowest BCUT2D eigenvalue weighted by atomic mass is 9.96. The maximum absolute atomic E-state index is 12.5. The molecule has 3 amide bonds. The van der Waals surface area contributed by atoms with Crippen molar-refractivity contribution in [3.05, 3.63) is 0 Å². The second kappa shape index (κ2) is 5.77. The number of aliphatic hydroxyl groups excluding tert-OH is 1. The van der Waals surface area contributed by atoms with Crippen molar-refractivity contribution in [2.24, 2.45) is 17.6 Å². The fraction of sp³-hybridized carbons (Fsp3) is 0.846. The minimum Gasteiger partial charge on any atom is -0.394 e. The Hall–Kier alpha value is -1.30. The van der Waals surface area contributed by atoms with Crippen molar-refractivity contribution in [2.75, 3.05) is 26.2 Å². The number of amides is 3. The number of primary amides is 1. The van der Waals surface area contributed by atoms with Crippen LogP contribution in [0.5, 0.6) is 0 Å². The molecule has 2 aliphatic rings. The first-order valence-electron chi connectivity index (χ1n) is 7.00. The highest BCUT2D eigenvalue weighted by molar-refractivity contribution is 5.81. The molecule has 3 unspecified atom stereocenters. The lowest BCUT2D eigenvalue weighted by Gasteiger charge is -2.35. The first-order chi connectivity index (χ1) is 9.04. The van der Waals surface area contributed by atoms with Crippen molar-refractivity contribution >= 4 is 11.9 Å². The van der Waals surface area contributed by atoms with Crippen LogP contribution in [0.3, 0.4) is 0 Å². The summed E-state index contributed by atoms with van der Waals surface area (Å²) in [5.41, 5.74) is 5.28. The highest BCUT2D eigenvalue weighted by atomic mass is 16.3. The number of hydrogen-bond donors (Lipinski definition) is 2. The summed E-state index contributed by atoms with van der Waals surface area (Å²) < 4.78 is 0. The molecule has 3 atom stereocenters. The molecule has 2 rings (SSSR count). The van der Waals surface area contributed by atoms with Crippen molar-refractivity contribution < 1.29 is 14.7 Å². The van der Waals surface area contributed by atoms with Gasteiger partial charge in [0, 0.05) is 19.6 Å². The van der Waals surface area contributed by atoms with Gasteiger partial charge in [-0.05, 0) is 25.2 Å². The first kappa shape index (κ1) is 14.1.